The van der Waals surface area contributed by atoms with E-state index < -0.39 is 44.7 Å². The Morgan fingerprint density at radius 1 is 0.597 bits per heavy atom. The molecule has 0 aliphatic heterocycles. The molecule has 0 amide bonds. The van der Waals surface area contributed by atoms with Crippen LogP contribution in [0.25, 0.3) is 0 Å². The largest absolute Gasteiger partial charge is 0.756 e. The molecule has 0 aliphatic carbocycles. The number of likely N-dealkylation sites (N-methyl/N-ethyl adjacent to an activating group) is 1. The van der Waals surface area contributed by atoms with Crippen LogP contribution in [0.2, 0.25) is 0 Å². The summed E-state index contributed by atoms with van der Waals surface area (Å²) in [6.07, 6.45) is 42.0. The number of esters is 2. The van der Waals surface area contributed by atoms with Crippen LogP contribution in [-0.2, 0) is 32.7 Å². The molecule has 0 aromatic rings. The zero-order valence-electron chi connectivity index (χ0n) is 40.0. The summed E-state index contributed by atoms with van der Waals surface area (Å²) in [4.78, 5) is 37.7. The number of phosphoric acid groups is 1. The Kier molecular flexibility index (Phi) is 40.2. The van der Waals surface area contributed by atoms with Gasteiger partial charge >= 0.3 is 11.9 Å². The number of unbranched alkanes of at least 4 members (excludes halogenated alkanes) is 21. The lowest BCUT2D eigenvalue weighted by atomic mass is 10.0. The van der Waals surface area contributed by atoms with Gasteiger partial charge in [-0.2, -0.15) is 0 Å². The maximum absolute atomic E-state index is 12.7. The zero-order valence-corrected chi connectivity index (χ0v) is 40.9. The maximum atomic E-state index is 12.7. The SMILES string of the molecule is CCCCC/C=C\C[C@@H](O)/C=C/C=C/C=C\[C@@H](O)CCCC(=O)OC[C@H](COP(=O)([O-])OCC[N+](C)(C)C)OC(=O)CCCCCCCCCCCCCCCCCCCCC. The quantitative estimate of drug-likeness (QED) is 0.0151. The summed E-state index contributed by atoms with van der Waals surface area (Å²) < 4.78 is 33.8. The predicted molar refractivity (Wildman–Crippen MR) is 252 cm³/mol. The number of carbonyl (C=O) groups excluding carboxylic acids is 2. The van der Waals surface area contributed by atoms with E-state index in [2.05, 4.69) is 19.9 Å². The number of carbonyl (C=O) groups is 2. The summed E-state index contributed by atoms with van der Waals surface area (Å²) in [7, 11) is 1.03. The van der Waals surface area contributed by atoms with Crippen molar-refractivity contribution >= 4 is 19.8 Å². The molecule has 0 fully saturated rings. The van der Waals surface area contributed by atoms with Crippen LogP contribution < -0.4 is 4.89 Å². The molecule has 0 spiro atoms. The van der Waals surface area contributed by atoms with Crippen LogP contribution in [0.5, 0.6) is 0 Å². The van der Waals surface area contributed by atoms with Crippen molar-refractivity contribution in [3.8, 4) is 0 Å². The molecule has 0 aromatic carbocycles. The van der Waals surface area contributed by atoms with Gasteiger partial charge in [0.05, 0.1) is 40.0 Å². The average molecular weight is 898 g/mol. The molecule has 12 heteroatoms. The third-order valence-electron chi connectivity index (χ3n) is 10.5. The second-order valence-corrected chi connectivity index (χ2v) is 19.3. The highest BCUT2D eigenvalue weighted by atomic mass is 31.2. The van der Waals surface area contributed by atoms with Gasteiger partial charge in [-0.15, -0.1) is 0 Å². The maximum Gasteiger partial charge on any atom is 0.306 e. The molecule has 11 nitrogen and oxygen atoms in total. The molecule has 0 rings (SSSR count). The van der Waals surface area contributed by atoms with Crippen LogP contribution in [-0.4, -0.2) is 92.5 Å². The van der Waals surface area contributed by atoms with Crippen LogP contribution in [0.1, 0.15) is 194 Å². The lowest BCUT2D eigenvalue weighted by molar-refractivity contribution is -0.870. The number of rotatable bonds is 44. The van der Waals surface area contributed by atoms with Crippen molar-refractivity contribution in [2.24, 2.45) is 0 Å². The Labute approximate surface area is 379 Å². The monoisotopic (exact) mass is 898 g/mol. The second-order valence-electron chi connectivity index (χ2n) is 17.9. The minimum absolute atomic E-state index is 0.0174. The molecule has 0 bridgehead atoms. The number of quaternary nitrogens is 1. The van der Waals surface area contributed by atoms with Gasteiger partial charge in [0.25, 0.3) is 7.82 Å². The van der Waals surface area contributed by atoms with E-state index in [9.17, 15) is 29.3 Å². The molecule has 0 aromatic heterocycles. The molecule has 0 aliphatic rings. The number of nitrogens with zero attached hydrogens (tertiary/aromatic N) is 1. The lowest BCUT2D eigenvalue weighted by Crippen LogP contribution is -2.37. The van der Waals surface area contributed by atoms with Crippen LogP contribution in [0.4, 0.5) is 0 Å². The third kappa shape index (κ3) is 44.5. The van der Waals surface area contributed by atoms with Crippen molar-refractivity contribution < 1.29 is 52.3 Å². The Morgan fingerprint density at radius 2 is 1.08 bits per heavy atom. The van der Waals surface area contributed by atoms with E-state index in [0.29, 0.717) is 36.7 Å². The molecule has 0 radical (unpaired) electrons. The fraction of sp³-hybridized carbons (Fsp3) is 0.800. The van der Waals surface area contributed by atoms with Gasteiger partial charge in [0.15, 0.2) is 6.10 Å². The highest BCUT2D eigenvalue weighted by Gasteiger charge is 2.22. The third-order valence-corrected chi connectivity index (χ3v) is 11.5. The van der Waals surface area contributed by atoms with E-state index in [-0.39, 0.29) is 26.1 Å². The molecule has 4 atom stereocenters. The Morgan fingerprint density at radius 3 is 1.61 bits per heavy atom. The second kappa shape index (κ2) is 41.6. The first-order chi connectivity index (χ1) is 29.8. The normalized spacial score (nSPS) is 14.9. The topological polar surface area (TPSA) is 152 Å². The number of hydrogen-bond acceptors (Lipinski definition) is 10. The van der Waals surface area contributed by atoms with Crippen LogP contribution in [0, 0.1) is 0 Å². The number of ether oxygens (including phenoxy) is 2. The molecular weight excluding hydrogens is 806 g/mol. The predicted octanol–water partition coefficient (Wildman–Crippen LogP) is 11.6. The van der Waals surface area contributed by atoms with E-state index >= 15 is 0 Å². The fourth-order valence-electron chi connectivity index (χ4n) is 6.61. The number of allylic oxidation sites excluding steroid dienone is 5. The van der Waals surface area contributed by atoms with E-state index in [1.54, 1.807) is 36.5 Å². The van der Waals surface area contributed by atoms with Gasteiger partial charge in [0.2, 0.25) is 0 Å². The molecule has 0 saturated carbocycles. The minimum Gasteiger partial charge on any atom is -0.756 e. The molecular formula is C50H92NO10P. The van der Waals surface area contributed by atoms with Crippen molar-refractivity contribution in [3.63, 3.8) is 0 Å². The van der Waals surface area contributed by atoms with Gasteiger partial charge in [-0.1, -0.05) is 191 Å². The van der Waals surface area contributed by atoms with E-state index in [1.165, 1.54) is 116 Å². The summed E-state index contributed by atoms with van der Waals surface area (Å²) in [6, 6.07) is 0. The first-order valence-corrected chi connectivity index (χ1v) is 26.0. The zero-order chi connectivity index (χ0) is 46.0. The van der Waals surface area contributed by atoms with Crippen LogP contribution in [0.15, 0.2) is 48.6 Å². The smallest absolute Gasteiger partial charge is 0.306 e. The average Bonchev–Trinajstić information content (AvgIpc) is 3.21. The van der Waals surface area contributed by atoms with Crippen molar-refractivity contribution in [3.05, 3.63) is 48.6 Å². The number of hydrogen-bond donors (Lipinski definition) is 2. The van der Waals surface area contributed by atoms with Gasteiger partial charge in [0, 0.05) is 12.8 Å². The Balaban J connectivity index is 4.50. The molecule has 0 saturated heterocycles. The van der Waals surface area contributed by atoms with Gasteiger partial charge in [-0.05, 0) is 38.5 Å². The standard InChI is InChI=1S/C50H92NO10P/c1-6-8-10-12-14-15-16-17-18-19-20-21-22-23-24-25-26-28-34-40-50(55)61-48(45-60-62(56,57)59-43-42-51(3,4)5)44-58-49(54)41-35-39-47(53)38-33-30-29-32-37-46(52)36-31-27-13-11-9-7-2/h27,29-33,37-38,46-48,52-53H,6-26,28,34-36,39-45H2,1-5H3/b30-29+,31-27-,37-32+,38-33-/t46-,47-,48-/m1/s1. The summed E-state index contributed by atoms with van der Waals surface area (Å²) in [5.41, 5.74) is 0. The number of aliphatic hydroxyl groups excluding tert-OH is 2. The summed E-state index contributed by atoms with van der Waals surface area (Å²) >= 11 is 0. The first-order valence-electron chi connectivity index (χ1n) is 24.6. The Bertz CT molecular complexity index is 1230. The summed E-state index contributed by atoms with van der Waals surface area (Å²) in [5, 5.41) is 20.3. The highest BCUT2D eigenvalue weighted by Crippen LogP contribution is 2.38. The first kappa shape index (κ1) is 59.9. The summed E-state index contributed by atoms with van der Waals surface area (Å²) in [6.45, 7) is 3.90. The van der Waals surface area contributed by atoms with Crippen LogP contribution >= 0.6 is 7.82 Å². The molecule has 0 heterocycles. The van der Waals surface area contributed by atoms with Gasteiger partial charge in [-0.25, -0.2) is 0 Å². The van der Waals surface area contributed by atoms with E-state index in [0.717, 1.165) is 25.7 Å². The number of phosphoric ester groups is 1. The minimum atomic E-state index is -4.69. The van der Waals surface area contributed by atoms with Crippen molar-refractivity contribution in [1.29, 1.82) is 0 Å². The molecule has 2 N–H and O–H groups in total. The van der Waals surface area contributed by atoms with Gasteiger partial charge in [0.1, 0.15) is 19.8 Å². The summed E-state index contributed by atoms with van der Waals surface area (Å²) in [5.74, 6) is -1.07. The molecule has 362 valence electrons. The Hall–Kier alpha value is -2.11. The van der Waals surface area contributed by atoms with E-state index in [1.807, 2.05) is 27.2 Å². The van der Waals surface area contributed by atoms with Crippen molar-refractivity contribution in [1.82, 2.24) is 0 Å². The molecule has 62 heavy (non-hydrogen) atoms. The molecule has 1 unspecified atom stereocenters. The fourth-order valence-corrected chi connectivity index (χ4v) is 7.34. The van der Waals surface area contributed by atoms with Gasteiger partial charge < -0.3 is 38.1 Å². The highest BCUT2D eigenvalue weighted by molar-refractivity contribution is 7.45. The van der Waals surface area contributed by atoms with Crippen molar-refractivity contribution in [2.45, 2.75) is 212 Å². The van der Waals surface area contributed by atoms with Crippen molar-refractivity contribution in [2.75, 3.05) is 47.5 Å². The lowest BCUT2D eigenvalue weighted by Gasteiger charge is -2.28. The van der Waals surface area contributed by atoms with Gasteiger partial charge in [-0.3, -0.25) is 14.2 Å². The number of aliphatic hydroxyl groups is 2. The van der Waals surface area contributed by atoms with Crippen LogP contribution in [0.3, 0.4) is 0 Å². The van der Waals surface area contributed by atoms with E-state index in [4.69, 9.17) is 18.5 Å².